The van der Waals surface area contributed by atoms with E-state index in [0.717, 1.165) is 42.9 Å². The fourth-order valence-electron chi connectivity index (χ4n) is 4.10. The van der Waals surface area contributed by atoms with E-state index in [9.17, 15) is 9.59 Å². The molecule has 2 aliphatic heterocycles. The fourth-order valence-corrected chi connectivity index (χ4v) is 4.10. The van der Waals surface area contributed by atoms with Crippen molar-refractivity contribution in [1.29, 1.82) is 0 Å². The Morgan fingerprint density at radius 1 is 1.03 bits per heavy atom. The van der Waals surface area contributed by atoms with Crippen molar-refractivity contribution in [3.63, 3.8) is 0 Å². The van der Waals surface area contributed by atoms with E-state index in [-0.39, 0.29) is 18.4 Å². The summed E-state index contributed by atoms with van der Waals surface area (Å²) in [4.78, 5) is 29.6. The molecule has 2 aromatic rings. The summed E-state index contributed by atoms with van der Waals surface area (Å²) < 4.78 is 6.04. The number of fused-ring (bicyclic) bond motifs is 1. The van der Waals surface area contributed by atoms with Crippen LogP contribution in [0.5, 0.6) is 5.75 Å². The summed E-state index contributed by atoms with van der Waals surface area (Å²) in [6.45, 7) is 6.18. The van der Waals surface area contributed by atoms with Gasteiger partial charge in [-0.2, -0.15) is 0 Å². The Morgan fingerprint density at radius 3 is 2.57 bits per heavy atom. The monoisotopic (exact) mass is 407 g/mol. The lowest BCUT2D eigenvalue weighted by Crippen LogP contribution is -2.52. The zero-order valence-electron chi connectivity index (χ0n) is 17.7. The lowest BCUT2D eigenvalue weighted by Gasteiger charge is -2.38. The Bertz CT molecular complexity index is 937. The number of nitrogens with zero attached hydrogens (tertiary/aromatic N) is 2. The Labute approximate surface area is 177 Å². The van der Waals surface area contributed by atoms with Crippen molar-refractivity contribution in [1.82, 2.24) is 4.90 Å². The van der Waals surface area contributed by atoms with Crippen LogP contribution in [0.25, 0.3) is 0 Å². The average Bonchev–Trinajstić information content (AvgIpc) is 2.76. The van der Waals surface area contributed by atoms with E-state index in [1.807, 2.05) is 66.1 Å². The molecule has 158 valence electrons. The second-order valence-electron chi connectivity index (χ2n) is 8.19. The number of hydrogen-bond acceptors (Lipinski definition) is 4. The number of nitrogens with one attached hydrogen (secondary N) is 1. The van der Waals surface area contributed by atoms with Gasteiger partial charge in [0.2, 0.25) is 5.91 Å². The summed E-state index contributed by atoms with van der Waals surface area (Å²) in [5.74, 6) is 0.556. The quantitative estimate of drug-likeness (QED) is 0.842. The number of carbonyl (C=O) groups is 2. The van der Waals surface area contributed by atoms with Crippen LogP contribution in [-0.4, -0.2) is 49.0 Å². The molecule has 2 heterocycles. The summed E-state index contributed by atoms with van der Waals surface area (Å²) in [7, 11) is 0. The molecule has 0 bridgehead atoms. The van der Waals surface area contributed by atoms with Crippen LogP contribution in [-0.2, 0) is 9.59 Å². The molecule has 0 saturated carbocycles. The van der Waals surface area contributed by atoms with Crippen molar-refractivity contribution in [3.8, 4) is 5.75 Å². The topological polar surface area (TPSA) is 61.9 Å². The van der Waals surface area contributed by atoms with Crippen molar-refractivity contribution in [2.75, 3.05) is 36.4 Å². The van der Waals surface area contributed by atoms with Crippen LogP contribution in [0.3, 0.4) is 0 Å². The summed E-state index contributed by atoms with van der Waals surface area (Å²) in [5, 5.41) is 2.98. The first-order chi connectivity index (χ1) is 14.5. The predicted octanol–water partition coefficient (Wildman–Crippen LogP) is 3.52. The Balaban J connectivity index is 1.48. The molecule has 0 unspecified atom stereocenters. The lowest BCUT2D eigenvalue weighted by molar-refractivity contribution is -0.139. The lowest BCUT2D eigenvalue weighted by atomic mass is 10.1. The van der Waals surface area contributed by atoms with Crippen LogP contribution in [0.1, 0.15) is 30.4 Å². The normalized spacial score (nSPS) is 18.4. The SMILES string of the molecule is Cc1ccc(NC(=O)CN2C[C@H](C(=O)N3CCCCC3)Oc3ccccc32)cc1C. The van der Waals surface area contributed by atoms with E-state index in [2.05, 4.69) is 5.32 Å². The molecule has 0 radical (unpaired) electrons. The van der Waals surface area contributed by atoms with Gasteiger partial charge in [-0.15, -0.1) is 0 Å². The molecule has 1 N–H and O–H groups in total. The van der Waals surface area contributed by atoms with Gasteiger partial charge in [-0.3, -0.25) is 9.59 Å². The highest BCUT2D eigenvalue weighted by molar-refractivity contribution is 5.95. The summed E-state index contributed by atoms with van der Waals surface area (Å²) in [5.41, 5.74) is 3.95. The van der Waals surface area contributed by atoms with E-state index >= 15 is 0 Å². The number of ether oxygens (including phenoxy) is 1. The standard InChI is InChI=1S/C24H29N3O3/c1-17-10-11-19(14-18(17)2)25-23(28)16-27-15-22(24(29)26-12-6-3-7-13-26)30-21-9-5-4-8-20(21)27/h4-5,8-11,14,22H,3,6-7,12-13,15-16H2,1-2H3,(H,25,28)/t22-/m1/s1. The van der Waals surface area contributed by atoms with Crippen LogP contribution >= 0.6 is 0 Å². The first-order valence-corrected chi connectivity index (χ1v) is 10.7. The van der Waals surface area contributed by atoms with E-state index in [1.54, 1.807) is 0 Å². The van der Waals surface area contributed by atoms with Gasteiger partial charge in [0.1, 0.15) is 5.75 Å². The average molecular weight is 408 g/mol. The van der Waals surface area contributed by atoms with Gasteiger partial charge >= 0.3 is 0 Å². The molecule has 2 aliphatic rings. The minimum atomic E-state index is -0.590. The van der Waals surface area contributed by atoms with Crippen molar-refractivity contribution >= 4 is 23.2 Å². The third kappa shape index (κ3) is 4.42. The number of benzene rings is 2. The number of piperidine rings is 1. The number of likely N-dealkylation sites (tertiary alicyclic amines) is 1. The molecule has 0 aromatic heterocycles. The summed E-state index contributed by atoms with van der Waals surface area (Å²) in [6, 6.07) is 13.5. The molecular weight excluding hydrogens is 378 g/mol. The first kappa shape index (κ1) is 20.3. The number of anilines is 2. The molecule has 0 spiro atoms. The van der Waals surface area contributed by atoms with E-state index in [4.69, 9.17) is 4.74 Å². The van der Waals surface area contributed by atoms with E-state index in [1.165, 1.54) is 12.0 Å². The van der Waals surface area contributed by atoms with Crippen molar-refractivity contribution in [2.24, 2.45) is 0 Å². The highest BCUT2D eigenvalue weighted by Crippen LogP contribution is 2.33. The molecule has 1 fully saturated rings. The van der Waals surface area contributed by atoms with Gasteiger partial charge in [-0.1, -0.05) is 18.2 Å². The minimum absolute atomic E-state index is 0.0174. The summed E-state index contributed by atoms with van der Waals surface area (Å²) in [6.07, 6.45) is 2.66. The summed E-state index contributed by atoms with van der Waals surface area (Å²) >= 11 is 0. The Hall–Kier alpha value is -3.02. The van der Waals surface area contributed by atoms with Crippen molar-refractivity contribution < 1.29 is 14.3 Å². The number of para-hydroxylation sites is 2. The van der Waals surface area contributed by atoms with E-state index < -0.39 is 6.10 Å². The second-order valence-corrected chi connectivity index (χ2v) is 8.19. The fraction of sp³-hybridized carbons (Fsp3) is 0.417. The van der Waals surface area contributed by atoms with Crippen LogP contribution in [0, 0.1) is 13.8 Å². The maximum atomic E-state index is 13.0. The highest BCUT2D eigenvalue weighted by atomic mass is 16.5. The van der Waals surface area contributed by atoms with Gasteiger partial charge in [0.25, 0.3) is 5.91 Å². The minimum Gasteiger partial charge on any atom is -0.477 e. The third-order valence-electron chi connectivity index (χ3n) is 5.93. The van der Waals surface area contributed by atoms with Crippen LogP contribution in [0.4, 0.5) is 11.4 Å². The maximum absolute atomic E-state index is 13.0. The zero-order chi connectivity index (χ0) is 21.1. The molecule has 0 aliphatic carbocycles. The Kier molecular flexibility index (Phi) is 5.93. The largest absolute Gasteiger partial charge is 0.477 e. The predicted molar refractivity (Wildman–Crippen MR) is 118 cm³/mol. The molecule has 2 amide bonds. The molecular formula is C24H29N3O3. The van der Waals surface area contributed by atoms with Gasteiger partial charge in [-0.05, 0) is 68.5 Å². The molecule has 2 aromatic carbocycles. The number of amides is 2. The van der Waals surface area contributed by atoms with Gasteiger partial charge < -0.3 is 19.9 Å². The van der Waals surface area contributed by atoms with Crippen molar-refractivity contribution in [3.05, 3.63) is 53.6 Å². The van der Waals surface area contributed by atoms with Gasteiger partial charge in [-0.25, -0.2) is 0 Å². The third-order valence-corrected chi connectivity index (χ3v) is 5.93. The molecule has 6 nitrogen and oxygen atoms in total. The highest BCUT2D eigenvalue weighted by Gasteiger charge is 2.34. The number of aryl methyl sites for hydroxylation is 2. The molecule has 1 saturated heterocycles. The number of hydrogen-bond donors (Lipinski definition) is 1. The molecule has 1 atom stereocenters. The van der Waals surface area contributed by atoms with E-state index in [0.29, 0.717) is 12.3 Å². The number of rotatable bonds is 4. The molecule has 4 rings (SSSR count). The van der Waals surface area contributed by atoms with Gasteiger partial charge in [0.05, 0.1) is 18.8 Å². The van der Waals surface area contributed by atoms with Crippen molar-refractivity contribution in [2.45, 2.75) is 39.2 Å². The van der Waals surface area contributed by atoms with Gasteiger partial charge in [0.15, 0.2) is 6.10 Å². The Morgan fingerprint density at radius 2 is 1.80 bits per heavy atom. The maximum Gasteiger partial charge on any atom is 0.265 e. The molecule has 30 heavy (non-hydrogen) atoms. The van der Waals surface area contributed by atoms with Crippen LogP contribution in [0.2, 0.25) is 0 Å². The first-order valence-electron chi connectivity index (χ1n) is 10.7. The second kappa shape index (κ2) is 8.78. The zero-order valence-corrected chi connectivity index (χ0v) is 17.7. The number of carbonyl (C=O) groups excluding carboxylic acids is 2. The molecule has 6 heteroatoms. The van der Waals surface area contributed by atoms with Crippen LogP contribution in [0.15, 0.2) is 42.5 Å². The van der Waals surface area contributed by atoms with Gasteiger partial charge in [0, 0.05) is 18.8 Å². The smallest absolute Gasteiger partial charge is 0.265 e. The van der Waals surface area contributed by atoms with Crippen LogP contribution < -0.4 is 15.0 Å².